The van der Waals surface area contributed by atoms with Crippen LogP contribution in [0.15, 0.2) is 47.1 Å². The number of carbonyl (C=O) groups excluding carboxylic acids is 2. The van der Waals surface area contributed by atoms with Crippen molar-refractivity contribution in [3.63, 3.8) is 0 Å². The van der Waals surface area contributed by atoms with Gasteiger partial charge in [0.2, 0.25) is 5.91 Å². The Labute approximate surface area is 136 Å². The normalized spacial score (nSPS) is 11.1. The van der Waals surface area contributed by atoms with E-state index < -0.39 is 0 Å². The fraction of sp³-hybridized carbons (Fsp3) is 0.333. The van der Waals surface area contributed by atoms with Crippen LogP contribution in [0.4, 0.5) is 5.69 Å². The first kappa shape index (κ1) is 16.8. The van der Waals surface area contributed by atoms with Gasteiger partial charge in [0.15, 0.2) is 5.76 Å². The third-order valence-electron chi connectivity index (χ3n) is 3.14. The first-order valence-corrected chi connectivity index (χ1v) is 7.54. The SMILES string of the molecule is CC(C)(C)CC(=O)NCc1ccc(NC(=O)c2ccco2)cc1. The van der Waals surface area contributed by atoms with E-state index in [0.717, 1.165) is 5.56 Å². The number of furan rings is 1. The lowest BCUT2D eigenvalue weighted by atomic mass is 9.92. The van der Waals surface area contributed by atoms with E-state index >= 15 is 0 Å². The third-order valence-corrected chi connectivity index (χ3v) is 3.14. The zero-order valence-electron chi connectivity index (χ0n) is 13.7. The zero-order chi connectivity index (χ0) is 16.9. The van der Waals surface area contributed by atoms with Crippen molar-refractivity contribution >= 4 is 17.5 Å². The molecule has 2 amide bonds. The van der Waals surface area contributed by atoms with Crippen LogP contribution in [0.5, 0.6) is 0 Å². The second-order valence-electron chi connectivity index (χ2n) is 6.64. The van der Waals surface area contributed by atoms with Gasteiger partial charge in [-0.25, -0.2) is 0 Å². The number of hydrogen-bond donors (Lipinski definition) is 2. The number of benzene rings is 1. The Bertz CT molecular complexity index is 653. The van der Waals surface area contributed by atoms with E-state index in [1.165, 1.54) is 6.26 Å². The molecule has 1 aromatic carbocycles. The molecular weight excluding hydrogens is 292 g/mol. The number of anilines is 1. The summed E-state index contributed by atoms with van der Waals surface area (Å²) in [4.78, 5) is 23.6. The highest BCUT2D eigenvalue weighted by Crippen LogP contribution is 2.18. The van der Waals surface area contributed by atoms with Gasteiger partial charge in [-0.05, 0) is 35.2 Å². The van der Waals surface area contributed by atoms with Crippen LogP contribution >= 0.6 is 0 Å². The number of nitrogens with one attached hydrogen (secondary N) is 2. The Morgan fingerprint density at radius 2 is 1.78 bits per heavy atom. The highest BCUT2D eigenvalue weighted by molar-refractivity contribution is 6.02. The molecule has 0 aliphatic rings. The molecule has 5 heteroatoms. The van der Waals surface area contributed by atoms with Crippen molar-refractivity contribution in [1.82, 2.24) is 5.32 Å². The second kappa shape index (κ2) is 7.13. The monoisotopic (exact) mass is 314 g/mol. The van der Waals surface area contributed by atoms with Gasteiger partial charge < -0.3 is 15.1 Å². The molecule has 0 bridgehead atoms. The van der Waals surface area contributed by atoms with Crippen molar-refractivity contribution in [2.24, 2.45) is 5.41 Å². The lowest BCUT2D eigenvalue weighted by Crippen LogP contribution is -2.27. The molecule has 1 heterocycles. The van der Waals surface area contributed by atoms with Crippen LogP contribution in [0.25, 0.3) is 0 Å². The maximum absolute atomic E-state index is 11.8. The molecule has 0 saturated heterocycles. The molecule has 0 fully saturated rings. The minimum Gasteiger partial charge on any atom is -0.459 e. The van der Waals surface area contributed by atoms with Gasteiger partial charge in [-0.3, -0.25) is 9.59 Å². The largest absolute Gasteiger partial charge is 0.459 e. The molecule has 2 rings (SSSR count). The number of hydrogen-bond acceptors (Lipinski definition) is 3. The third kappa shape index (κ3) is 5.62. The quantitative estimate of drug-likeness (QED) is 0.886. The number of rotatable bonds is 5. The Morgan fingerprint density at radius 3 is 2.35 bits per heavy atom. The van der Waals surface area contributed by atoms with E-state index in [9.17, 15) is 9.59 Å². The zero-order valence-corrected chi connectivity index (χ0v) is 13.7. The van der Waals surface area contributed by atoms with Crippen LogP contribution < -0.4 is 10.6 Å². The predicted octanol–water partition coefficient (Wildman–Crippen LogP) is 3.58. The first-order valence-electron chi connectivity index (χ1n) is 7.54. The van der Waals surface area contributed by atoms with Gasteiger partial charge in [0, 0.05) is 18.7 Å². The Kier molecular flexibility index (Phi) is 5.21. The smallest absolute Gasteiger partial charge is 0.291 e. The molecule has 0 spiro atoms. The van der Waals surface area contributed by atoms with Crippen LogP contribution in [-0.4, -0.2) is 11.8 Å². The van der Waals surface area contributed by atoms with Crippen molar-refractivity contribution in [3.8, 4) is 0 Å². The molecule has 0 aliphatic heterocycles. The van der Waals surface area contributed by atoms with E-state index in [1.54, 1.807) is 24.3 Å². The second-order valence-corrected chi connectivity index (χ2v) is 6.64. The average molecular weight is 314 g/mol. The predicted molar refractivity (Wildman–Crippen MR) is 89.0 cm³/mol. The van der Waals surface area contributed by atoms with Crippen molar-refractivity contribution in [3.05, 3.63) is 54.0 Å². The summed E-state index contributed by atoms with van der Waals surface area (Å²) in [6.07, 6.45) is 1.95. The van der Waals surface area contributed by atoms with Crippen LogP contribution in [0.3, 0.4) is 0 Å². The molecular formula is C18H22N2O3. The number of amides is 2. The maximum atomic E-state index is 11.8. The van der Waals surface area contributed by atoms with Gasteiger partial charge in [0.05, 0.1) is 6.26 Å². The summed E-state index contributed by atoms with van der Waals surface area (Å²) in [5, 5.41) is 5.64. The molecule has 5 nitrogen and oxygen atoms in total. The summed E-state index contributed by atoms with van der Waals surface area (Å²) in [6.45, 7) is 6.57. The average Bonchev–Trinajstić information content (AvgIpc) is 2.99. The molecule has 1 aromatic heterocycles. The molecule has 0 atom stereocenters. The number of carbonyl (C=O) groups is 2. The van der Waals surface area contributed by atoms with Gasteiger partial charge in [0.25, 0.3) is 5.91 Å². The van der Waals surface area contributed by atoms with Crippen LogP contribution in [0, 0.1) is 5.41 Å². The van der Waals surface area contributed by atoms with Gasteiger partial charge in [0.1, 0.15) is 0 Å². The highest BCUT2D eigenvalue weighted by Gasteiger charge is 2.15. The molecule has 2 aromatic rings. The van der Waals surface area contributed by atoms with E-state index in [1.807, 2.05) is 32.9 Å². The summed E-state index contributed by atoms with van der Waals surface area (Å²) in [5.41, 5.74) is 1.63. The van der Waals surface area contributed by atoms with Gasteiger partial charge in [-0.15, -0.1) is 0 Å². The van der Waals surface area contributed by atoms with Crippen molar-refractivity contribution < 1.29 is 14.0 Å². The maximum Gasteiger partial charge on any atom is 0.291 e. The van der Waals surface area contributed by atoms with Crippen LogP contribution in [0.1, 0.15) is 43.3 Å². The first-order chi connectivity index (χ1) is 10.8. The van der Waals surface area contributed by atoms with Crippen molar-refractivity contribution in [1.29, 1.82) is 0 Å². The minimum atomic E-state index is -0.291. The van der Waals surface area contributed by atoms with Crippen molar-refractivity contribution in [2.45, 2.75) is 33.7 Å². The lowest BCUT2D eigenvalue weighted by Gasteiger charge is -2.17. The van der Waals surface area contributed by atoms with Gasteiger partial charge in [-0.1, -0.05) is 32.9 Å². The fourth-order valence-electron chi connectivity index (χ4n) is 2.05. The molecule has 122 valence electrons. The molecule has 0 radical (unpaired) electrons. The summed E-state index contributed by atoms with van der Waals surface area (Å²) >= 11 is 0. The molecule has 2 N–H and O–H groups in total. The fourth-order valence-corrected chi connectivity index (χ4v) is 2.05. The standard InChI is InChI=1S/C18H22N2O3/c1-18(2,3)11-16(21)19-12-13-6-8-14(9-7-13)20-17(22)15-5-4-10-23-15/h4-10H,11-12H2,1-3H3,(H,19,21)(H,20,22). The Balaban J connectivity index is 1.85. The van der Waals surface area contributed by atoms with E-state index in [4.69, 9.17) is 4.42 Å². The summed E-state index contributed by atoms with van der Waals surface area (Å²) in [6, 6.07) is 10.6. The topological polar surface area (TPSA) is 71.3 Å². The lowest BCUT2D eigenvalue weighted by molar-refractivity contribution is -0.122. The Morgan fingerprint density at radius 1 is 1.09 bits per heavy atom. The summed E-state index contributed by atoms with van der Waals surface area (Å²) in [7, 11) is 0. The van der Waals surface area contributed by atoms with Crippen molar-refractivity contribution in [2.75, 3.05) is 5.32 Å². The van der Waals surface area contributed by atoms with Crippen LogP contribution in [-0.2, 0) is 11.3 Å². The van der Waals surface area contributed by atoms with E-state index in [2.05, 4.69) is 10.6 Å². The van der Waals surface area contributed by atoms with Gasteiger partial charge >= 0.3 is 0 Å². The molecule has 0 saturated carbocycles. The summed E-state index contributed by atoms with van der Waals surface area (Å²) < 4.78 is 5.04. The highest BCUT2D eigenvalue weighted by atomic mass is 16.3. The Hall–Kier alpha value is -2.56. The van der Waals surface area contributed by atoms with E-state index in [-0.39, 0.29) is 23.0 Å². The minimum absolute atomic E-state index is 0.0237. The van der Waals surface area contributed by atoms with Crippen LogP contribution in [0.2, 0.25) is 0 Å². The molecule has 0 unspecified atom stereocenters. The summed E-state index contributed by atoms with van der Waals surface area (Å²) in [5.74, 6) is 0.0115. The molecule has 0 aliphatic carbocycles. The van der Waals surface area contributed by atoms with E-state index in [0.29, 0.717) is 18.7 Å². The molecule has 23 heavy (non-hydrogen) atoms. The van der Waals surface area contributed by atoms with Gasteiger partial charge in [-0.2, -0.15) is 0 Å².